The molecule has 32 heavy (non-hydrogen) atoms. The molecule has 168 valence electrons. The molecule has 0 amide bonds. The number of ether oxygens (including phenoxy) is 3. The lowest BCUT2D eigenvalue weighted by Crippen LogP contribution is -2.37. The van der Waals surface area contributed by atoms with Crippen molar-refractivity contribution in [3.05, 3.63) is 60.7 Å². The summed E-state index contributed by atoms with van der Waals surface area (Å²) < 4.78 is 46.2. The Morgan fingerprint density at radius 2 is 1.81 bits per heavy atom. The highest BCUT2D eigenvalue weighted by atomic mass is 32.2. The van der Waals surface area contributed by atoms with Crippen LogP contribution < -0.4 is 18.9 Å². The number of nitrogens with one attached hydrogen (secondary N) is 1. The summed E-state index contributed by atoms with van der Waals surface area (Å²) in [5.74, 6) is 2.04. The van der Waals surface area contributed by atoms with Gasteiger partial charge in [0.25, 0.3) is 0 Å². The van der Waals surface area contributed by atoms with Gasteiger partial charge in [-0.1, -0.05) is 42.5 Å². The molecule has 1 unspecified atom stereocenters. The summed E-state index contributed by atoms with van der Waals surface area (Å²) in [7, 11) is -3.61. The quantitative estimate of drug-likeness (QED) is 0.591. The monoisotopic (exact) mass is 454 g/mol. The first-order valence-corrected chi connectivity index (χ1v) is 12.3. The molecule has 0 radical (unpaired) electrons. The van der Waals surface area contributed by atoms with Crippen molar-refractivity contribution in [2.24, 2.45) is 0 Å². The Morgan fingerprint density at radius 1 is 1.00 bits per heavy atom. The van der Waals surface area contributed by atoms with Gasteiger partial charge in [-0.25, -0.2) is 13.1 Å². The average Bonchev–Trinajstić information content (AvgIpc) is 3.25. The zero-order valence-corrected chi connectivity index (χ0v) is 18.5. The van der Waals surface area contributed by atoms with E-state index in [1.54, 1.807) is 12.1 Å². The molecule has 0 aliphatic carbocycles. The summed E-state index contributed by atoms with van der Waals surface area (Å²) in [6.07, 6.45) is 0.766. The van der Waals surface area contributed by atoms with Crippen LogP contribution >= 0.6 is 0 Å². The molecular formula is C24H26N2O5S. The van der Waals surface area contributed by atoms with Crippen molar-refractivity contribution < 1.29 is 22.6 Å². The van der Waals surface area contributed by atoms with Gasteiger partial charge in [-0.05, 0) is 36.6 Å². The number of hydrogen-bond donors (Lipinski definition) is 1. The minimum absolute atomic E-state index is 0.125. The lowest BCUT2D eigenvalue weighted by molar-refractivity contribution is 0.158. The number of hydrogen-bond acceptors (Lipinski definition) is 6. The van der Waals surface area contributed by atoms with Crippen LogP contribution in [0.15, 0.2) is 65.6 Å². The number of rotatable bonds is 7. The second-order valence-electron chi connectivity index (χ2n) is 8.01. The Morgan fingerprint density at radius 3 is 2.75 bits per heavy atom. The normalized spacial score (nSPS) is 18.7. The molecule has 0 saturated carbocycles. The first-order valence-electron chi connectivity index (χ1n) is 10.8. The number of para-hydroxylation sites is 1. The summed E-state index contributed by atoms with van der Waals surface area (Å²) in [4.78, 5) is 2.54. The van der Waals surface area contributed by atoms with E-state index in [-0.39, 0.29) is 6.04 Å². The Balaban J connectivity index is 1.17. The van der Waals surface area contributed by atoms with Crippen molar-refractivity contribution in [2.45, 2.75) is 17.4 Å². The van der Waals surface area contributed by atoms with E-state index in [4.69, 9.17) is 14.2 Å². The fourth-order valence-electron chi connectivity index (χ4n) is 4.29. The number of nitrogens with zero attached hydrogens (tertiary/aromatic N) is 1. The van der Waals surface area contributed by atoms with E-state index in [1.807, 2.05) is 48.5 Å². The van der Waals surface area contributed by atoms with Gasteiger partial charge in [-0.2, -0.15) is 0 Å². The second-order valence-corrected chi connectivity index (χ2v) is 9.70. The maximum absolute atomic E-state index is 13.1. The van der Waals surface area contributed by atoms with Gasteiger partial charge in [0.15, 0.2) is 11.5 Å². The maximum atomic E-state index is 13.1. The summed E-state index contributed by atoms with van der Waals surface area (Å²) in [6, 6.07) is 18.4. The Kier molecular flexibility index (Phi) is 5.91. The van der Waals surface area contributed by atoms with E-state index < -0.39 is 10.0 Å². The number of benzene rings is 3. The van der Waals surface area contributed by atoms with Gasteiger partial charge in [0.1, 0.15) is 19.8 Å². The molecule has 1 saturated heterocycles. The van der Waals surface area contributed by atoms with Crippen LogP contribution in [0.3, 0.4) is 0 Å². The predicted octanol–water partition coefficient (Wildman–Crippen LogP) is 3.04. The van der Waals surface area contributed by atoms with Crippen molar-refractivity contribution in [3.8, 4) is 17.2 Å². The van der Waals surface area contributed by atoms with E-state index in [0.29, 0.717) is 55.1 Å². The molecule has 1 N–H and O–H groups in total. The summed E-state index contributed by atoms with van der Waals surface area (Å²) >= 11 is 0. The highest BCUT2D eigenvalue weighted by molar-refractivity contribution is 7.89. The van der Waals surface area contributed by atoms with Crippen molar-refractivity contribution >= 4 is 20.8 Å². The van der Waals surface area contributed by atoms with Crippen LogP contribution in [0.5, 0.6) is 17.2 Å². The Bertz CT molecular complexity index is 1210. The highest BCUT2D eigenvalue weighted by Crippen LogP contribution is 2.38. The lowest BCUT2D eigenvalue weighted by Gasteiger charge is -2.22. The maximum Gasteiger partial charge on any atom is 0.241 e. The van der Waals surface area contributed by atoms with Gasteiger partial charge >= 0.3 is 0 Å². The van der Waals surface area contributed by atoms with Crippen LogP contribution in [-0.2, 0) is 10.0 Å². The van der Waals surface area contributed by atoms with E-state index in [1.165, 1.54) is 0 Å². The van der Waals surface area contributed by atoms with Gasteiger partial charge < -0.3 is 14.2 Å². The van der Waals surface area contributed by atoms with Crippen molar-refractivity contribution in [2.75, 3.05) is 39.5 Å². The van der Waals surface area contributed by atoms with Gasteiger partial charge in [0.05, 0.1) is 4.90 Å². The third kappa shape index (κ3) is 4.39. The van der Waals surface area contributed by atoms with E-state index in [9.17, 15) is 8.42 Å². The van der Waals surface area contributed by atoms with Crippen LogP contribution in [0.4, 0.5) is 0 Å². The van der Waals surface area contributed by atoms with Crippen molar-refractivity contribution in [1.82, 2.24) is 9.62 Å². The molecule has 3 aromatic rings. The van der Waals surface area contributed by atoms with Gasteiger partial charge in [-0.3, -0.25) is 4.90 Å². The van der Waals surface area contributed by atoms with Crippen LogP contribution in [-0.4, -0.2) is 58.8 Å². The fraction of sp³-hybridized carbons (Fsp3) is 0.333. The SMILES string of the molecule is O=S(=O)(NC1CCN(CCOc2cccc3c2OCCO3)C1)c1cccc2ccccc12. The fourth-order valence-corrected chi connectivity index (χ4v) is 5.78. The molecule has 7 nitrogen and oxygen atoms in total. The van der Waals surface area contributed by atoms with Crippen LogP contribution in [0.2, 0.25) is 0 Å². The standard InChI is InChI=1S/C24H26N2O5S/c27-32(28,23-10-3-6-18-5-1-2-7-20(18)23)25-19-11-12-26(17-19)13-14-29-21-8-4-9-22-24(21)31-16-15-30-22/h1-10,19,25H,11-17H2. The molecule has 2 aliphatic heterocycles. The minimum atomic E-state index is -3.61. The molecule has 0 bridgehead atoms. The Labute approximate surface area is 187 Å². The van der Waals surface area contributed by atoms with Crippen LogP contribution in [0.1, 0.15) is 6.42 Å². The Hall–Kier alpha value is -2.81. The molecule has 2 aliphatic rings. The summed E-state index contributed by atoms with van der Waals surface area (Å²) in [6.45, 7) is 3.72. The highest BCUT2D eigenvalue weighted by Gasteiger charge is 2.28. The molecular weight excluding hydrogens is 428 g/mol. The molecule has 3 aromatic carbocycles. The zero-order valence-electron chi connectivity index (χ0n) is 17.7. The number of likely N-dealkylation sites (tertiary alicyclic amines) is 1. The number of fused-ring (bicyclic) bond motifs is 2. The lowest BCUT2D eigenvalue weighted by atomic mass is 10.1. The summed E-state index contributed by atoms with van der Waals surface area (Å²) in [5.41, 5.74) is 0. The van der Waals surface area contributed by atoms with Gasteiger partial charge in [0, 0.05) is 24.5 Å². The average molecular weight is 455 g/mol. The first kappa shape index (κ1) is 21.1. The molecule has 5 rings (SSSR count). The van der Waals surface area contributed by atoms with Crippen molar-refractivity contribution in [3.63, 3.8) is 0 Å². The van der Waals surface area contributed by atoms with E-state index >= 15 is 0 Å². The van der Waals surface area contributed by atoms with Crippen LogP contribution in [0, 0.1) is 0 Å². The van der Waals surface area contributed by atoms with Crippen LogP contribution in [0.25, 0.3) is 10.8 Å². The largest absolute Gasteiger partial charge is 0.488 e. The minimum Gasteiger partial charge on any atom is -0.488 e. The first-order chi connectivity index (χ1) is 15.6. The molecule has 2 heterocycles. The topological polar surface area (TPSA) is 77.1 Å². The van der Waals surface area contributed by atoms with Gasteiger partial charge in [-0.15, -0.1) is 0 Å². The number of sulfonamides is 1. The third-order valence-electron chi connectivity index (χ3n) is 5.83. The smallest absolute Gasteiger partial charge is 0.241 e. The predicted molar refractivity (Wildman–Crippen MR) is 122 cm³/mol. The molecule has 1 atom stereocenters. The van der Waals surface area contributed by atoms with Gasteiger partial charge in [0.2, 0.25) is 15.8 Å². The second kappa shape index (κ2) is 8.97. The van der Waals surface area contributed by atoms with Crippen molar-refractivity contribution in [1.29, 1.82) is 0 Å². The zero-order chi connectivity index (χ0) is 22.0. The molecule has 8 heteroatoms. The molecule has 0 spiro atoms. The third-order valence-corrected chi connectivity index (χ3v) is 7.41. The van der Waals surface area contributed by atoms with E-state index in [2.05, 4.69) is 9.62 Å². The summed E-state index contributed by atoms with van der Waals surface area (Å²) in [5, 5.41) is 1.65. The molecule has 0 aromatic heterocycles. The molecule has 1 fully saturated rings. The van der Waals surface area contributed by atoms with E-state index in [0.717, 1.165) is 23.7 Å².